The number of thiol groups is 2. The number of aromatic nitrogens is 1. The van der Waals surface area contributed by atoms with E-state index in [0.717, 1.165) is 13.8 Å². The SMILES string of the molecule is CSCC[C@H](NC(=O)[C@@H](NC(=O)[C@H](CCCCN)NC(=O)[C@H](Cc1c[nH]c2ccccc12)NC(=O)[C@H](Cc1ccccc1)NC(=O)[C@H](Cc1ccccc1)NC(=O)[C@H](CC(N)=O)NC(=O)[C@H](CCCCN)NC(=O)[C@@H](N)CS)C(C)O)C(=O)N[C@H](C(=O)N[C@@H](CO)C(=O)N[C@@H](CS)C(=O)O)C(C)O. The molecule has 0 aliphatic heterocycles. The van der Waals surface area contributed by atoms with Crippen molar-refractivity contribution in [2.45, 2.75) is 169 Å². The minimum atomic E-state index is -1.85. The van der Waals surface area contributed by atoms with Crippen molar-refractivity contribution in [3.05, 3.63) is 108 Å². The summed E-state index contributed by atoms with van der Waals surface area (Å²) >= 11 is 9.20. The highest BCUT2D eigenvalue weighted by Gasteiger charge is 2.39. The lowest BCUT2D eigenvalue weighted by Gasteiger charge is -2.29. The fraction of sp³-hybridized carbons (Fsp3) is 0.507. The number of thioether (sulfide) groups is 1. The van der Waals surface area contributed by atoms with E-state index < -0.39 is 175 Å². The van der Waals surface area contributed by atoms with Crippen LogP contribution in [0.2, 0.25) is 0 Å². The van der Waals surface area contributed by atoms with Crippen molar-refractivity contribution in [1.82, 2.24) is 63.5 Å². The molecular weight excluding hydrogens is 1400 g/mol. The third-order valence-electron chi connectivity index (χ3n) is 16.3. The Morgan fingerprint density at radius 2 is 0.845 bits per heavy atom. The normalized spacial score (nSPS) is 15.3. The molecule has 0 aliphatic carbocycles. The highest BCUT2D eigenvalue weighted by Crippen LogP contribution is 2.21. The average Bonchev–Trinajstić information content (AvgIpc) is 1.78. The van der Waals surface area contributed by atoms with Crippen LogP contribution in [0.3, 0.4) is 0 Å². The van der Waals surface area contributed by atoms with Gasteiger partial charge >= 0.3 is 5.97 Å². The number of H-pyrrole nitrogens is 1. The molecule has 14 atom stereocenters. The first-order valence-electron chi connectivity index (χ1n) is 33.4. The number of benzene rings is 3. The molecule has 0 aliphatic rings. The summed E-state index contributed by atoms with van der Waals surface area (Å²) in [4.78, 5) is 183. The third kappa shape index (κ3) is 29.1. The van der Waals surface area contributed by atoms with Gasteiger partial charge in [0.1, 0.15) is 66.5 Å². The molecule has 33 nitrogen and oxygen atoms in total. The van der Waals surface area contributed by atoms with Crippen LogP contribution in [-0.4, -0.2) is 230 Å². The summed E-state index contributed by atoms with van der Waals surface area (Å²) < 4.78 is 0. The lowest BCUT2D eigenvalue weighted by molar-refractivity contribution is -0.142. The Labute approximate surface area is 611 Å². The van der Waals surface area contributed by atoms with Gasteiger partial charge in [-0.1, -0.05) is 78.9 Å². The molecule has 0 saturated carbocycles. The molecule has 36 heteroatoms. The smallest absolute Gasteiger partial charge is 0.327 e. The van der Waals surface area contributed by atoms with Crippen LogP contribution in [0.15, 0.2) is 91.1 Å². The number of primary amides is 1. The number of rotatable bonds is 47. The number of fused-ring (bicyclic) bond motifs is 1. The summed E-state index contributed by atoms with van der Waals surface area (Å²) in [6.45, 7) is 1.65. The molecule has 0 saturated heterocycles. The number of hydrogen-bond donors (Lipinski definition) is 22. The molecule has 12 amide bonds. The zero-order valence-corrected chi connectivity index (χ0v) is 60.1. The quantitative estimate of drug-likeness (QED) is 0.0146. The van der Waals surface area contributed by atoms with Crippen LogP contribution in [-0.2, 0) is 81.6 Å². The van der Waals surface area contributed by atoms with Crippen LogP contribution < -0.4 is 81.4 Å². The van der Waals surface area contributed by atoms with Crippen LogP contribution >= 0.6 is 37.0 Å². The predicted molar refractivity (Wildman–Crippen MR) is 390 cm³/mol. The molecule has 2 unspecified atom stereocenters. The number of aliphatic carboxylic acids is 1. The molecule has 103 heavy (non-hydrogen) atoms. The molecule has 566 valence electrons. The van der Waals surface area contributed by atoms with E-state index in [1.807, 2.05) is 0 Å². The van der Waals surface area contributed by atoms with Gasteiger partial charge < -0.3 is 107 Å². The lowest BCUT2D eigenvalue weighted by Crippen LogP contribution is -2.63. The Balaban J connectivity index is 1.70. The molecule has 0 bridgehead atoms. The second kappa shape index (κ2) is 45.3. The number of aliphatic hydroxyl groups excluding tert-OH is 3. The fourth-order valence-electron chi connectivity index (χ4n) is 10.5. The molecule has 0 spiro atoms. The van der Waals surface area contributed by atoms with Crippen molar-refractivity contribution in [1.29, 1.82) is 0 Å². The van der Waals surface area contributed by atoms with Gasteiger partial charge in [0.25, 0.3) is 0 Å². The van der Waals surface area contributed by atoms with E-state index in [-0.39, 0.29) is 75.3 Å². The highest BCUT2D eigenvalue weighted by molar-refractivity contribution is 7.98. The van der Waals surface area contributed by atoms with E-state index >= 15 is 9.59 Å². The van der Waals surface area contributed by atoms with Crippen LogP contribution in [0, 0.1) is 0 Å². The number of carboxylic acid groups (broad SMARTS) is 1. The van der Waals surface area contributed by atoms with Crippen molar-refractivity contribution < 1.29 is 82.8 Å². The van der Waals surface area contributed by atoms with E-state index in [0.29, 0.717) is 46.9 Å². The first-order chi connectivity index (χ1) is 49.1. The Morgan fingerprint density at radius 3 is 1.28 bits per heavy atom. The summed E-state index contributed by atoms with van der Waals surface area (Å²) in [6, 6.07) is 5.10. The number of unbranched alkanes of at least 4 members (excludes halogenated alkanes) is 2. The van der Waals surface area contributed by atoms with E-state index in [9.17, 15) is 73.2 Å². The first-order valence-corrected chi connectivity index (χ1v) is 36.1. The van der Waals surface area contributed by atoms with Gasteiger partial charge in [-0.05, 0) is 107 Å². The van der Waals surface area contributed by atoms with E-state index in [1.54, 1.807) is 97.4 Å². The van der Waals surface area contributed by atoms with Gasteiger partial charge in [0.05, 0.1) is 31.3 Å². The number of hydrogen-bond acceptors (Lipinski definition) is 22. The number of aliphatic hydroxyl groups is 3. The zero-order valence-electron chi connectivity index (χ0n) is 57.5. The Morgan fingerprint density at radius 1 is 0.466 bits per heavy atom. The van der Waals surface area contributed by atoms with Crippen LogP contribution in [0.1, 0.15) is 81.9 Å². The van der Waals surface area contributed by atoms with Gasteiger partial charge in [0.15, 0.2) is 0 Å². The number of carbonyl (C=O) groups is 13. The molecule has 0 fully saturated rings. The summed E-state index contributed by atoms with van der Waals surface area (Å²) in [5, 5.41) is 69.2. The summed E-state index contributed by atoms with van der Waals surface area (Å²) in [6.07, 6.45) is -0.378. The van der Waals surface area contributed by atoms with Crippen LogP contribution in [0.25, 0.3) is 10.9 Å². The zero-order chi connectivity index (χ0) is 76.3. The van der Waals surface area contributed by atoms with Crippen molar-refractivity contribution in [3.8, 4) is 0 Å². The number of aromatic amines is 1. The monoisotopic (exact) mass is 1490 g/mol. The Bertz CT molecular complexity index is 3470. The average molecular weight is 1500 g/mol. The topological polar surface area (TPSA) is 555 Å². The summed E-state index contributed by atoms with van der Waals surface area (Å²) in [7, 11) is 0. The Hall–Kier alpha value is -8.88. The first kappa shape index (κ1) is 86.5. The molecule has 0 radical (unpaired) electrons. The molecule has 3 aromatic carbocycles. The minimum absolute atomic E-state index is 0.0520. The van der Waals surface area contributed by atoms with Crippen molar-refractivity contribution >= 4 is 125 Å². The van der Waals surface area contributed by atoms with E-state index in [4.69, 9.17) is 22.9 Å². The second-order valence-electron chi connectivity index (χ2n) is 24.5. The van der Waals surface area contributed by atoms with Crippen molar-refractivity contribution in [2.24, 2.45) is 22.9 Å². The number of amides is 12. The maximum Gasteiger partial charge on any atom is 0.327 e. The maximum absolute atomic E-state index is 15.2. The maximum atomic E-state index is 15.2. The predicted octanol–water partition coefficient (Wildman–Crippen LogP) is -4.56. The number of carbonyl (C=O) groups excluding carboxylic acids is 12. The van der Waals surface area contributed by atoms with Gasteiger partial charge in [0, 0.05) is 47.9 Å². The largest absolute Gasteiger partial charge is 0.480 e. The van der Waals surface area contributed by atoms with E-state index in [1.165, 1.54) is 11.8 Å². The van der Waals surface area contributed by atoms with Crippen molar-refractivity contribution in [2.75, 3.05) is 43.2 Å². The fourth-order valence-corrected chi connectivity index (χ4v) is 11.4. The van der Waals surface area contributed by atoms with Gasteiger partial charge in [-0.25, -0.2) is 4.79 Å². The molecule has 1 heterocycles. The second-order valence-corrected chi connectivity index (χ2v) is 26.2. The van der Waals surface area contributed by atoms with Gasteiger partial charge in [-0.2, -0.15) is 37.0 Å². The standard InChI is InChI=1S/C67H98N16O17S3/c1-36(85)54(65(97)75-46(24-27-103-3)59(91)83-55(37(2)86)66(98)80-51(33-84)64(96)81-52(35-102)67(99)100)82-58(90)45(23-13-15-26-69)74-62(94)49(30-40-32-72-43-21-11-10-20-41(40)43)78-61(93)48(29-39-18-8-5-9-19-39)76-60(92)47(28-38-16-6-4-7-17-38)77-63(95)50(31-53(71)87)79-57(89)44(22-12-14-25-68)73-56(88)42(70)34-101/h4-11,16-21,32,36-37,42,44-52,54-55,72,84-86,101-102H,12-15,22-31,33-35,68-70H2,1-3H3,(H2,71,87)(H,73,88)(H,74,94)(H,75,97)(H,76,92)(H,77,95)(H,78,93)(H,79,89)(H,80,98)(H,81,96)(H,82,90)(H,83,91)(H,99,100)/t36?,37?,42-,44-,45-,46-,47-,48-,49-,50-,51-,52-,54-,55-/m0/s1. The number of nitrogens with two attached hydrogens (primary N) is 4. The summed E-state index contributed by atoms with van der Waals surface area (Å²) in [5.74, 6) is -13.7. The number of nitrogens with one attached hydrogen (secondary N) is 12. The van der Waals surface area contributed by atoms with Gasteiger partial charge in [0.2, 0.25) is 70.9 Å². The Kier molecular flexibility index (Phi) is 38.0. The van der Waals surface area contributed by atoms with Crippen LogP contribution in [0.5, 0.6) is 0 Å². The summed E-state index contributed by atoms with van der Waals surface area (Å²) in [5.41, 5.74) is 25.3. The molecule has 4 rings (SSSR count). The highest BCUT2D eigenvalue weighted by atomic mass is 32.2. The third-order valence-corrected chi connectivity index (χ3v) is 17.7. The molecular formula is C67H98N16O17S3. The number of carboxylic acids is 1. The van der Waals surface area contributed by atoms with Gasteiger partial charge in [-0.3, -0.25) is 57.5 Å². The van der Waals surface area contributed by atoms with Crippen molar-refractivity contribution in [3.63, 3.8) is 0 Å². The molecule has 24 N–H and O–H groups in total. The number of para-hydroxylation sites is 1. The minimum Gasteiger partial charge on any atom is -0.480 e. The van der Waals surface area contributed by atoms with E-state index in [2.05, 4.69) is 88.7 Å². The van der Waals surface area contributed by atoms with Crippen LogP contribution in [0.4, 0.5) is 0 Å². The lowest BCUT2D eigenvalue weighted by atomic mass is 10.00. The molecule has 4 aromatic rings. The molecule has 1 aromatic heterocycles. The van der Waals surface area contributed by atoms with Gasteiger partial charge in [-0.15, -0.1) is 0 Å².